The number of rotatable bonds is 4. The molecule has 8 nitrogen and oxygen atoms in total. The van der Waals surface area contributed by atoms with Crippen LogP contribution < -0.4 is 0 Å². The molecule has 0 radical (unpaired) electrons. The van der Waals surface area contributed by atoms with E-state index in [9.17, 15) is 9.59 Å². The van der Waals surface area contributed by atoms with Gasteiger partial charge in [0.1, 0.15) is 0 Å². The molecule has 0 amide bonds. The Morgan fingerprint density at radius 2 is 1.89 bits per heavy atom. The third-order valence-corrected chi connectivity index (χ3v) is 6.89. The van der Waals surface area contributed by atoms with Crippen molar-refractivity contribution in [3.63, 3.8) is 0 Å². The SMILES string of the molecule is C[C@@H]1[C@H](OC(=O)CCC(=O)O)O[C@H]2O[C@@]3(C)CC[C@H]4[C@@H](C)CC[C@@H]1[C@@]24OO3. The molecule has 5 fully saturated rings. The van der Waals surface area contributed by atoms with E-state index in [2.05, 4.69) is 6.92 Å². The minimum Gasteiger partial charge on any atom is -0.481 e. The van der Waals surface area contributed by atoms with Gasteiger partial charge in [-0.3, -0.25) is 9.59 Å². The summed E-state index contributed by atoms with van der Waals surface area (Å²) in [7, 11) is 0. The van der Waals surface area contributed by atoms with Gasteiger partial charge in [-0.15, -0.1) is 0 Å². The smallest absolute Gasteiger partial charge is 0.308 e. The Morgan fingerprint density at radius 1 is 1.11 bits per heavy atom. The maximum absolute atomic E-state index is 12.1. The van der Waals surface area contributed by atoms with E-state index in [4.69, 9.17) is 29.1 Å². The maximum atomic E-state index is 12.1. The Bertz CT molecular complexity index is 623. The standard InChI is InChI=1S/C19H28O8/c1-10-4-5-13-11(2)16(23-15(22)7-6-14(20)21)24-17-19(13)12(10)8-9-18(3,25-17)26-27-19/h10-13,16-17H,4-9H2,1-3H3,(H,20,21)/t10-,11-,12-,13-,16+,17-,18+,19+/m0/s1. The van der Waals surface area contributed by atoms with E-state index < -0.39 is 35.9 Å². The van der Waals surface area contributed by atoms with Gasteiger partial charge < -0.3 is 19.3 Å². The Morgan fingerprint density at radius 3 is 2.63 bits per heavy atom. The summed E-state index contributed by atoms with van der Waals surface area (Å²) in [6.45, 7) is 6.06. The highest BCUT2D eigenvalue weighted by Gasteiger charge is 2.69. The first-order chi connectivity index (χ1) is 12.7. The number of hydrogen-bond acceptors (Lipinski definition) is 7. The quantitative estimate of drug-likeness (QED) is 0.583. The van der Waals surface area contributed by atoms with E-state index in [1.807, 2.05) is 13.8 Å². The Labute approximate surface area is 158 Å². The van der Waals surface area contributed by atoms with Gasteiger partial charge in [0.25, 0.3) is 0 Å². The minimum absolute atomic E-state index is 0.0670. The summed E-state index contributed by atoms with van der Waals surface area (Å²) < 4.78 is 17.8. The average molecular weight is 384 g/mol. The number of carboxylic acids is 1. The molecule has 4 heterocycles. The van der Waals surface area contributed by atoms with E-state index in [0.29, 0.717) is 12.3 Å². The van der Waals surface area contributed by atoms with Gasteiger partial charge in [0.2, 0.25) is 12.1 Å². The van der Waals surface area contributed by atoms with Crippen LogP contribution in [0.25, 0.3) is 0 Å². The first-order valence-corrected chi connectivity index (χ1v) is 9.86. The molecule has 1 spiro atoms. The summed E-state index contributed by atoms with van der Waals surface area (Å²) in [5.74, 6) is -1.82. The van der Waals surface area contributed by atoms with Gasteiger partial charge >= 0.3 is 11.9 Å². The van der Waals surface area contributed by atoms with Gasteiger partial charge in [-0.1, -0.05) is 13.8 Å². The molecule has 0 aromatic heterocycles. The second-order valence-electron chi connectivity index (χ2n) is 8.66. The third kappa shape index (κ3) is 3.06. The second-order valence-corrected chi connectivity index (χ2v) is 8.66. The molecule has 4 saturated heterocycles. The number of ether oxygens (including phenoxy) is 3. The number of esters is 1. The molecule has 152 valence electrons. The lowest BCUT2D eigenvalue weighted by molar-refractivity contribution is -0.576. The van der Waals surface area contributed by atoms with Crippen molar-refractivity contribution < 1.29 is 38.7 Å². The number of hydrogen-bond donors (Lipinski definition) is 1. The van der Waals surface area contributed by atoms with E-state index in [1.54, 1.807) is 0 Å². The lowest BCUT2D eigenvalue weighted by Crippen LogP contribution is -2.70. The van der Waals surface area contributed by atoms with Gasteiger partial charge in [-0.25, -0.2) is 9.78 Å². The van der Waals surface area contributed by atoms with Crippen molar-refractivity contribution in [1.29, 1.82) is 0 Å². The van der Waals surface area contributed by atoms with E-state index in [1.165, 1.54) is 0 Å². The van der Waals surface area contributed by atoms with E-state index >= 15 is 0 Å². The molecule has 5 rings (SSSR count). The van der Waals surface area contributed by atoms with Crippen LogP contribution in [0.3, 0.4) is 0 Å². The van der Waals surface area contributed by atoms with Gasteiger partial charge in [0, 0.05) is 18.3 Å². The largest absolute Gasteiger partial charge is 0.481 e. The molecular formula is C19H28O8. The Hall–Kier alpha value is -1.22. The predicted octanol–water partition coefficient (Wildman–Crippen LogP) is 2.60. The van der Waals surface area contributed by atoms with Gasteiger partial charge in [-0.05, 0) is 38.0 Å². The van der Waals surface area contributed by atoms with Crippen LogP contribution in [0.1, 0.15) is 59.3 Å². The van der Waals surface area contributed by atoms with Gasteiger partial charge in [0.15, 0.2) is 11.9 Å². The monoisotopic (exact) mass is 384 g/mol. The zero-order valence-corrected chi connectivity index (χ0v) is 16.0. The number of aliphatic carboxylic acids is 1. The summed E-state index contributed by atoms with van der Waals surface area (Å²) in [6.07, 6.45) is 1.72. The second kappa shape index (κ2) is 6.69. The molecule has 1 aliphatic carbocycles. The normalized spacial score (nSPS) is 48.4. The molecule has 5 aliphatic rings. The molecule has 8 heteroatoms. The first-order valence-electron chi connectivity index (χ1n) is 9.86. The summed E-state index contributed by atoms with van der Waals surface area (Å²) in [5.41, 5.74) is -0.697. The molecule has 1 N–H and O–H groups in total. The first kappa shape index (κ1) is 19.1. The molecule has 27 heavy (non-hydrogen) atoms. The van der Waals surface area contributed by atoms with Crippen LogP contribution in [0.2, 0.25) is 0 Å². The van der Waals surface area contributed by atoms with Gasteiger partial charge in [0.05, 0.1) is 12.8 Å². The highest BCUT2D eigenvalue weighted by molar-refractivity contribution is 5.76. The van der Waals surface area contributed by atoms with Crippen molar-refractivity contribution >= 4 is 11.9 Å². The maximum Gasteiger partial charge on any atom is 0.308 e. The molecule has 2 bridgehead atoms. The summed E-state index contributed by atoms with van der Waals surface area (Å²) in [6, 6.07) is 0. The summed E-state index contributed by atoms with van der Waals surface area (Å²) in [5, 5.41) is 8.76. The number of carbonyl (C=O) groups excluding carboxylic acids is 1. The van der Waals surface area contributed by atoms with Crippen molar-refractivity contribution in [3.8, 4) is 0 Å². The van der Waals surface area contributed by atoms with E-state index in [0.717, 1.165) is 19.3 Å². The molecule has 0 aromatic carbocycles. The highest BCUT2D eigenvalue weighted by Crippen LogP contribution is 2.60. The number of fused-ring (bicyclic) bond motifs is 2. The zero-order chi connectivity index (χ0) is 19.4. The fraction of sp³-hybridized carbons (Fsp3) is 0.895. The molecule has 0 aromatic rings. The molecular weight excluding hydrogens is 356 g/mol. The fourth-order valence-electron chi connectivity index (χ4n) is 5.40. The molecule has 0 unspecified atom stereocenters. The molecule has 1 saturated carbocycles. The van der Waals surface area contributed by atoms with Crippen LogP contribution in [-0.2, 0) is 33.6 Å². The van der Waals surface area contributed by atoms with Crippen LogP contribution in [0.15, 0.2) is 0 Å². The molecule has 4 aliphatic heterocycles. The van der Waals surface area contributed by atoms with Crippen molar-refractivity contribution in [2.24, 2.45) is 23.7 Å². The van der Waals surface area contributed by atoms with Crippen LogP contribution in [-0.4, -0.2) is 41.0 Å². The Balaban J connectivity index is 1.58. The molecule has 8 atom stereocenters. The lowest BCUT2D eigenvalue weighted by atomic mass is 9.58. The van der Waals surface area contributed by atoms with Crippen molar-refractivity contribution in [2.75, 3.05) is 0 Å². The predicted molar refractivity (Wildman–Crippen MR) is 89.8 cm³/mol. The van der Waals surface area contributed by atoms with Crippen molar-refractivity contribution in [3.05, 3.63) is 0 Å². The van der Waals surface area contributed by atoms with Crippen molar-refractivity contribution in [2.45, 2.75) is 83.3 Å². The van der Waals surface area contributed by atoms with Gasteiger partial charge in [-0.2, -0.15) is 0 Å². The number of carbonyl (C=O) groups is 2. The van der Waals surface area contributed by atoms with Crippen molar-refractivity contribution in [1.82, 2.24) is 0 Å². The topological polar surface area (TPSA) is 101 Å². The average Bonchev–Trinajstić information content (AvgIpc) is 2.84. The number of carboxylic acid groups (broad SMARTS) is 1. The van der Waals surface area contributed by atoms with Crippen LogP contribution in [0, 0.1) is 23.7 Å². The third-order valence-electron chi connectivity index (χ3n) is 6.89. The minimum atomic E-state index is -1.03. The summed E-state index contributed by atoms with van der Waals surface area (Å²) in [4.78, 5) is 34.5. The highest BCUT2D eigenvalue weighted by atomic mass is 17.3. The zero-order valence-electron chi connectivity index (χ0n) is 16.0. The lowest BCUT2D eigenvalue weighted by Gasteiger charge is -2.59. The summed E-state index contributed by atoms with van der Waals surface area (Å²) >= 11 is 0. The van der Waals surface area contributed by atoms with Crippen LogP contribution >= 0.6 is 0 Å². The Kier molecular flexibility index (Phi) is 4.73. The van der Waals surface area contributed by atoms with Crippen LogP contribution in [0.5, 0.6) is 0 Å². The van der Waals surface area contributed by atoms with E-state index in [-0.39, 0.29) is 30.6 Å². The fourth-order valence-corrected chi connectivity index (χ4v) is 5.40. The van der Waals surface area contributed by atoms with Crippen LogP contribution in [0.4, 0.5) is 0 Å².